The number of carbonyl (C=O) groups is 2. The number of hydrogen-bond acceptors (Lipinski definition) is 4. The SMILES string of the molecule is CCNC(=O)[C@H]1CN(C(=O)OC(C)(C)C)[C@@H](Cc2ccc(Cl)cc2)CO1. The second-order valence-corrected chi connectivity index (χ2v) is 7.77. The third-order valence-electron chi connectivity index (χ3n) is 3.95. The molecular formula is C19H27ClN2O4. The summed E-state index contributed by atoms with van der Waals surface area (Å²) in [4.78, 5) is 26.4. The molecule has 0 aromatic heterocycles. The largest absolute Gasteiger partial charge is 0.444 e. The highest BCUT2D eigenvalue weighted by Gasteiger charge is 2.37. The van der Waals surface area contributed by atoms with Gasteiger partial charge in [-0.3, -0.25) is 9.69 Å². The van der Waals surface area contributed by atoms with E-state index in [9.17, 15) is 9.59 Å². The van der Waals surface area contributed by atoms with Crippen LogP contribution in [-0.4, -0.2) is 54.3 Å². The van der Waals surface area contributed by atoms with Crippen molar-refractivity contribution in [3.63, 3.8) is 0 Å². The molecule has 0 bridgehead atoms. The van der Waals surface area contributed by atoms with Gasteiger partial charge in [-0.2, -0.15) is 0 Å². The molecule has 1 fully saturated rings. The number of amides is 2. The molecule has 1 aromatic rings. The first-order valence-corrected chi connectivity index (χ1v) is 9.20. The van der Waals surface area contributed by atoms with Gasteiger partial charge in [0, 0.05) is 11.6 Å². The van der Waals surface area contributed by atoms with Gasteiger partial charge in [0.15, 0.2) is 6.10 Å². The quantitative estimate of drug-likeness (QED) is 0.869. The molecule has 1 N–H and O–H groups in total. The molecule has 6 nitrogen and oxygen atoms in total. The molecule has 1 aromatic carbocycles. The highest BCUT2D eigenvalue weighted by molar-refractivity contribution is 6.30. The number of hydrogen-bond donors (Lipinski definition) is 1. The van der Waals surface area contributed by atoms with Crippen molar-refractivity contribution in [1.82, 2.24) is 10.2 Å². The van der Waals surface area contributed by atoms with Gasteiger partial charge in [0.1, 0.15) is 5.60 Å². The van der Waals surface area contributed by atoms with Gasteiger partial charge in [-0.05, 0) is 51.8 Å². The highest BCUT2D eigenvalue weighted by Crippen LogP contribution is 2.21. The summed E-state index contributed by atoms with van der Waals surface area (Å²) < 4.78 is 11.3. The first kappa shape index (κ1) is 20.5. The van der Waals surface area contributed by atoms with Crippen molar-refractivity contribution in [2.45, 2.75) is 51.9 Å². The summed E-state index contributed by atoms with van der Waals surface area (Å²) in [6.07, 6.45) is -0.531. The topological polar surface area (TPSA) is 67.9 Å². The number of rotatable bonds is 4. The Morgan fingerprint density at radius 3 is 2.54 bits per heavy atom. The van der Waals surface area contributed by atoms with Gasteiger partial charge in [-0.25, -0.2) is 4.79 Å². The number of ether oxygens (including phenoxy) is 2. The van der Waals surface area contributed by atoms with Crippen LogP contribution in [0.25, 0.3) is 0 Å². The zero-order valence-corrected chi connectivity index (χ0v) is 16.5. The molecule has 1 aliphatic heterocycles. The summed E-state index contributed by atoms with van der Waals surface area (Å²) in [7, 11) is 0. The Labute approximate surface area is 159 Å². The Morgan fingerprint density at radius 2 is 1.96 bits per heavy atom. The molecule has 2 amide bonds. The minimum atomic E-state index is -0.691. The molecule has 2 atom stereocenters. The maximum absolute atomic E-state index is 12.7. The van der Waals surface area contributed by atoms with Crippen molar-refractivity contribution >= 4 is 23.6 Å². The summed E-state index contributed by atoms with van der Waals surface area (Å²) in [6.45, 7) is 8.25. The van der Waals surface area contributed by atoms with Crippen LogP contribution in [0.1, 0.15) is 33.3 Å². The molecule has 0 spiro atoms. The fourth-order valence-electron chi connectivity index (χ4n) is 2.75. The molecule has 1 aliphatic rings. The summed E-state index contributed by atoms with van der Waals surface area (Å²) in [5.41, 5.74) is 0.425. The number of carbonyl (C=O) groups excluding carboxylic acids is 2. The Bertz CT molecular complexity index is 627. The molecule has 1 saturated heterocycles. The van der Waals surface area contributed by atoms with Crippen LogP contribution in [0.3, 0.4) is 0 Å². The van der Waals surface area contributed by atoms with E-state index in [2.05, 4.69) is 5.32 Å². The summed E-state index contributed by atoms with van der Waals surface area (Å²) >= 11 is 5.94. The Balaban J connectivity index is 2.14. The van der Waals surface area contributed by atoms with E-state index in [0.717, 1.165) is 5.56 Å². The van der Waals surface area contributed by atoms with Crippen LogP contribution >= 0.6 is 11.6 Å². The van der Waals surface area contributed by atoms with Crippen molar-refractivity contribution < 1.29 is 19.1 Å². The number of morpholine rings is 1. The van der Waals surface area contributed by atoms with Crippen molar-refractivity contribution in [2.75, 3.05) is 19.7 Å². The molecule has 0 aliphatic carbocycles. The van der Waals surface area contributed by atoms with E-state index in [0.29, 0.717) is 18.0 Å². The van der Waals surface area contributed by atoms with E-state index in [-0.39, 0.29) is 25.1 Å². The zero-order valence-electron chi connectivity index (χ0n) is 15.8. The number of likely N-dealkylation sites (N-methyl/N-ethyl adjacent to an activating group) is 1. The van der Waals surface area contributed by atoms with Gasteiger partial charge in [0.25, 0.3) is 5.91 Å². The molecule has 26 heavy (non-hydrogen) atoms. The fraction of sp³-hybridized carbons (Fsp3) is 0.579. The van der Waals surface area contributed by atoms with Gasteiger partial charge in [-0.15, -0.1) is 0 Å². The molecule has 1 heterocycles. The third-order valence-corrected chi connectivity index (χ3v) is 4.20. The van der Waals surface area contributed by atoms with E-state index >= 15 is 0 Å². The number of nitrogens with zero attached hydrogens (tertiary/aromatic N) is 1. The molecule has 0 radical (unpaired) electrons. The minimum absolute atomic E-state index is 0.166. The fourth-order valence-corrected chi connectivity index (χ4v) is 2.88. The Hall–Kier alpha value is -1.79. The van der Waals surface area contributed by atoms with E-state index in [4.69, 9.17) is 21.1 Å². The van der Waals surface area contributed by atoms with Crippen LogP contribution in [0, 0.1) is 0 Å². The van der Waals surface area contributed by atoms with E-state index in [1.165, 1.54) is 0 Å². The van der Waals surface area contributed by atoms with Gasteiger partial charge in [0.2, 0.25) is 0 Å². The average molecular weight is 383 g/mol. The van der Waals surface area contributed by atoms with E-state index in [1.807, 2.05) is 52.0 Å². The van der Waals surface area contributed by atoms with Crippen LogP contribution in [0.2, 0.25) is 5.02 Å². The molecule has 2 rings (SSSR count). The molecule has 144 valence electrons. The highest BCUT2D eigenvalue weighted by atomic mass is 35.5. The predicted octanol–water partition coefficient (Wildman–Crippen LogP) is 3.02. The maximum Gasteiger partial charge on any atom is 0.410 e. The van der Waals surface area contributed by atoms with Crippen LogP contribution in [0.5, 0.6) is 0 Å². The number of benzene rings is 1. The zero-order chi connectivity index (χ0) is 19.3. The molecule has 0 saturated carbocycles. The van der Waals surface area contributed by atoms with E-state index < -0.39 is 17.8 Å². The molecule has 7 heteroatoms. The number of nitrogens with one attached hydrogen (secondary N) is 1. The van der Waals surface area contributed by atoms with Crippen LogP contribution in [0.15, 0.2) is 24.3 Å². The first-order chi connectivity index (χ1) is 12.2. The lowest BCUT2D eigenvalue weighted by atomic mass is 10.0. The Morgan fingerprint density at radius 1 is 1.31 bits per heavy atom. The van der Waals surface area contributed by atoms with Crippen LogP contribution in [-0.2, 0) is 20.7 Å². The van der Waals surface area contributed by atoms with Crippen LogP contribution in [0.4, 0.5) is 4.79 Å². The summed E-state index contributed by atoms with van der Waals surface area (Å²) in [5.74, 6) is -0.217. The smallest absolute Gasteiger partial charge is 0.410 e. The molecule has 0 unspecified atom stereocenters. The lowest BCUT2D eigenvalue weighted by molar-refractivity contribution is -0.141. The maximum atomic E-state index is 12.7. The third kappa shape index (κ3) is 5.88. The van der Waals surface area contributed by atoms with Crippen molar-refractivity contribution in [1.29, 1.82) is 0 Å². The molecular weight excluding hydrogens is 356 g/mol. The van der Waals surface area contributed by atoms with Crippen molar-refractivity contribution in [2.24, 2.45) is 0 Å². The van der Waals surface area contributed by atoms with Crippen LogP contribution < -0.4 is 5.32 Å². The van der Waals surface area contributed by atoms with Gasteiger partial charge >= 0.3 is 6.09 Å². The standard InChI is InChI=1S/C19H27ClN2O4/c1-5-21-17(23)16-11-22(18(24)26-19(2,3)4)15(12-25-16)10-13-6-8-14(20)9-7-13/h6-9,15-16H,5,10-12H2,1-4H3,(H,21,23)/t15-,16+/m0/s1. The first-order valence-electron chi connectivity index (χ1n) is 8.83. The normalized spacial score (nSPS) is 20.6. The van der Waals surface area contributed by atoms with E-state index in [1.54, 1.807) is 4.90 Å². The lowest BCUT2D eigenvalue weighted by Gasteiger charge is -2.39. The van der Waals surface area contributed by atoms with Gasteiger partial charge in [-0.1, -0.05) is 23.7 Å². The second kappa shape index (κ2) is 8.73. The number of halogens is 1. The van der Waals surface area contributed by atoms with Crippen molar-refractivity contribution in [3.05, 3.63) is 34.9 Å². The lowest BCUT2D eigenvalue weighted by Crippen LogP contribution is -2.57. The minimum Gasteiger partial charge on any atom is -0.444 e. The summed E-state index contributed by atoms with van der Waals surface area (Å²) in [5, 5.41) is 3.40. The predicted molar refractivity (Wildman–Crippen MR) is 100 cm³/mol. The monoisotopic (exact) mass is 382 g/mol. The van der Waals surface area contributed by atoms with Gasteiger partial charge in [0.05, 0.1) is 19.2 Å². The van der Waals surface area contributed by atoms with Gasteiger partial charge < -0.3 is 14.8 Å². The Kier molecular flexibility index (Phi) is 6.89. The van der Waals surface area contributed by atoms with Crippen molar-refractivity contribution in [3.8, 4) is 0 Å². The average Bonchev–Trinajstić information content (AvgIpc) is 2.56. The second-order valence-electron chi connectivity index (χ2n) is 7.33. The summed E-state index contributed by atoms with van der Waals surface area (Å²) in [6, 6.07) is 7.26.